The smallest absolute Gasteiger partial charge is 0.407 e. The van der Waals surface area contributed by atoms with Crippen LogP contribution in [-0.4, -0.2) is 180 Å². The second-order valence-corrected chi connectivity index (χ2v) is 19.5. The Hall–Kier alpha value is -3.86. The van der Waals surface area contributed by atoms with Gasteiger partial charge in [0.2, 0.25) is 0 Å². The Kier molecular flexibility index (Phi) is 22.9. The fourth-order valence-corrected chi connectivity index (χ4v) is 9.98. The summed E-state index contributed by atoms with van der Waals surface area (Å²) in [5.41, 5.74) is 1.75. The SMILES string of the molecule is CC[C@H]1OC(=O)C[C@@H](O)[C@H](C)[C@@H](O[C@@H]2O[C@H](C)[C@@H](OC(=O)NCCc3ccccc3)[C@H](N(C)C)[C@H]2OC(C)=O)[C@@H](CC2OCCO2)C[C@@H](C)C(=O)/C=C/C(C)=C/[C@@H]1CO[C@@H]1O[C@H](C)[C@@H](O)[C@@H](OC)[C@H]1OC. The van der Waals surface area contributed by atoms with Gasteiger partial charge in [-0.3, -0.25) is 19.3 Å². The maximum absolute atomic E-state index is 14.1. The Balaban J connectivity index is 1.45. The largest absolute Gasteiger partial charge is 0.462 e. The van der Waals surface area contributed by atoms with Crippen LogP contribution in [0, 0.1) is 23.7 Å². The first-order valence-corrected chi connectivity index (χ1v) is 25.0. The number of amides is 1. The zero-order valence-electron chi connectivity index (χ0n) is 43.3. The van der Waals surface area contributed by atoms with E-state index in [0.29, 0.717) is 38.2 Å². The van der Waals surface area contributed by atoms with Crippen molar-refractivity contribution in [2.75, 3.05) is 54.7 Å². The molecule has 3 fully saturated rings. The van der Waals surface area contributed by atoms with Gasteiger partial charge in [0.25, 0.3) is 0 Å². The van der Waals surface area contributed by atoms with Crippen LogP contribution in [0.15, 0.2) is 54.1 Å². The number of ketones is 1. The number of esters is 2. The second kappa shape index (κ2) is 28.0. The molecular weight excluding hydrogens is 925 g/mol. The van der Waals surface area contributed by atoms with E-state index in [0.717, 1.165) is 5.56 Å². The lowest BCUT2D eigenvalue weighted by atomic mass is 9.79. The molecule has 1 amide bonds. The van der Waals surface area contributed by atoms with E-state index in [1.807, 2.05) is 57.2 Å². The van der Waals surface area contributed by atoms with Crippen LogP contribution in [-0.2, 0) is 72.9 Å². The van der Waals surface area contributed by atoms with E-state index in [1.165, 1.54) is 27.2 Å². The molecule has 19 nitrogen and oxygen atoms in total. The minimum Gasteiger partial charge on any atom is -0.462 e. The summed E-state index contributed by atoms with van der Waals surface area (Å²) < 4.78 is 67.1. The van der Waals surface area contributed by atoms with E-state index in [-0.39, 0.29) is 25.2 Å². The van der Waals surface area contributed by atoms with Crippen molar-refractivity contribution in [1.82, 2.24) is 10.2 Å². The quantitative estimate of drug-likeness (QED) is 0.155. The summed E-state index contributed by atoms with van der Waals surface area (Å²) in [6.07, 6.45) is -6.54. The summed E-state index contributed by atoms with van der Waals surface area (Å²) in [6.45, 7) is 13.0. The number of nitrogens with zero attached hydrogens (tertiary/aromatic N) is 1. The van der Waals surface area contributed by atoms with Crippen LogP contribution in [0.5, 0.6) is 0 Å². The lowest BCUT2D eigenvalue weighted by Crippen LogP contribution is -2.65. The third-order valence-electron chi connectivity index (χ3n) is 13.9. The molecule has 4 aliphatic heterocycles. The molecule has 4 aliphatic rings. The molecule has 3 N–H and O–H groups in total. The molecule has 0 bridgehead atoms. The van der Waals surface area contributed by atoms with Gasteiger partial charge in [0, 0.05) is 51.9 Å². The summed E-state index contributed by atoms with van der Waals surface area (Å²) >= 11 is 0. The summed E-state index contributed by atoms with van der Waals surface area (Å²) in [6, 6.07) is 8.92. The third-order valence-corrected chi connectivity index (χ3v) is 13.9. The van der Waals surface area contributed by atoms with Gasteiger partial charge in [-0.05, 0) is 71.7 Å². The van der Waals surface area contributed by atoms with Gasteiger partial charge in [-0.1, -0.05) is 68.8 Å². The van der Waals surface area contributed by atoms with Crippen molar-refractivity contribution in [3.63, 3.8) is 0 Å². The molecule has 0 radical (unpaired) electrons. The first-order valence-electron chi connectivity index (χ1n) is 25.0. The van der Waals surface area contributed by atoms with Gasteiger partial charge >= 0.3 is 18.0 Å². The highest BCUT2D eigenvalue weighted by Gasteiger charge is 2.52. The number of carbonyl (C=O) groups is 4. The second-order valence-electron chi connectivity index (χ2n) is 19.5. The van der Waals surface area contributed by atoms with Gasteiger partial charge in [-0.25, -0.2) is 4.79 Å². The Morgan fingerprint density at radius 3 is 2.17 bits per heavy atom. The average Bonchev–Trinajstić information content (AvgIpc) is 3.85. The summed E-state index contributed by atoms with van der Waals surface area (Å²) in [5, 5.41) is 25.7. The summed E-state index contributed by atoms with van der Waals surface area (Å²) in [4.78, 5) is 56.1. The van der Waals surface area contributed by atoms with Crippen LogP contribution in [0.25, 0.3) is 0 Å². The lowest BCUT2D eigenvalue weighted by Gasteiger charge is -2.48. The van der Waals surface area contributed by atoms with Crippen LogP contribution in [0.1, 0.15) is 79.7 Å². The van der Waals surface area contributed by atoms with Crippen molar-refractivity contribution in [3.8, 4) is 0 Å². The number of ether oxygens (including phenoxy) is 11. The summed E-state index contributed by atoms with van der Waals surface area (Å²) in [5.74, 6) is -4.01. The van der Waals surface area contributed by atoms with Crippen molar-refractivity contribution >= 4 is 23.8 Å². The number of nitrogens with one attached hydrogen (secondary N) is 1. The number of benzene rings is 1. The number of carbonyl (C=O) groups excluding carboxylic acids is 4. The molecule has 5 rings (SSSR count). The highest BCUT2D eigenvalue weighted by molar-refractivity contribution is 5.91. The van der Waals surface area contributed by atoms with Gasteiger partial charge < -0.3 is 67.6 Å². The van der Waals surface area contributed by atoms with Crippen molar-refractivity contribution in [1.29, 1.82) is 0 Å². The topological polar surface area (TPSA) is 226 Å². The zero-order chi connectivity index (χ0) is 51.9. The molecule has 3 saturated heterocycles. The molecule has 71 heavy (non-hydrogen) atoms. The predicted molar refractivity (Wildman–Crippen MR) is 257 cm³/mol. The van der Waals surface area contributed by atoms with E-state index in [4.69, 9.17) is 52.1 Å². The van der Waals surface area contributed by atoms with Crippen molar-refractivity contribution in [2.24, 2.45) is 23.7 Å². The first kappa shape index (κ1) is 58.0. The molecule has 1 aromatic rings. The number of aliphatic hydroxyl groups is 2. The molecule has 0 unspecified atom stereocenters. The van der Waals surface area contributed by atoms with Gasteiger partial charge in [0.05, 0.1) is 56.7 Å². The van der Waals surface area contributed by atoms with Crippen LogP contribution in [0.3, 0.4) is 0 Å². The van der Waals surface area contributed by atoms with Gasteiger partial charge in [-0.15, -0.1) is 0 Å². The number of alkyl carbamates (subject to hydrolysis) is 1. The van der Waals surface area contributed by atoms with Crippen LogP contribution in [0.2, 0.25) is 0 Å². The number of aliphatic hydroxyl groups excluding tert-OH is 2. The fourth-order valence-electron chi connectivity index (χ4n) is 9.98. The van der Waals surface area contributed by atoms with E-state index >= 15 is 0 Å². The third kappa shape index (κ3) is 16.3. The Morgan fingerprint density at radius 1 is 0.859 bits per heavy atom. The summed E-state index contributed by atoms with van der Waals surface area (Å²) in [7, 11) is 6.48. The number of methoxy groups -OCH3 is 2. The van der Waals surface area contributed by atoms with Crippen LogP contribution >= 0.6 is 0 Å². The van der Waals surface area contributed by atoms with Crippen molar-refractivity contribution < 1.29 is 81.5 Å². The highest BCUT2D eigenvalue weighted by Crippen LogP contribution is 2.38. The molecule has 0 spiro atoms. The van der Waals surface area contributed by atoms with E-state index in [9.17, 15) is 29.4 Å². The van der Waals surface area contributed by atoms with E-state index < -0.39 is 134 Å². The van der Waals surface area contributed by atoms with Crippen molar-refractivity contribution in [2.45, 2.75) is 167 Å². The number of hydrogen-bond acceptors (Lipinski definition) is 18. The average molecular weight is 1010 g/mol. The molecule has 1 aromatic carbocycles. The standard InChI is InChI=1S/C52H80N2O17/c1-12-40-37(28-65-50-49(62-11)48(61-10)44(59)32(5)66-50)24-29(2)18-19-38(56)30(3)25-36(26-42-63-22-23-64-42)45(31(4)39(57)27-41(58)69-40)70-51-47(68-34(7)55)43(54(8)9)46(33(6)67-51)71-52(60)53-21-20-35-16-14-13-15-17-35/h13-19,24,30-33,36-37,39-40,42-51,57,59H,12,20-23,25-28H2,1-11H3,(H,53,60)/b19-18+,29-24+/t30-,31+,32-,33-,36-,37-,39-,40-,43+,44-,45-,46-,47-,48-,49-,50-,51+/m1/s1. The number of rotatable bonds is 16. The van der Waals surface area contributed by atoms with Gasteiger partial charge in [-0.2, -0.15) is 0 Å². The maximum atomic E-state index is 14.1. The minimum absolute atomic E-state index is 0.00493. The first-order chi connectivity index (χ1) is 33.8. The maximum Gasteiger partial charge on any atom is 0.407 e. The number of likely N-dealkylation sites (N-methyl/N-ethyl adjacent to an activating group) is 1. The highest BCUT2D eigenvalue weighted by atomic mass is 16.7. The van der Waals surface area contributed by atoms with Crippen LogP contribution < -0.4 is 5.32 Å². The van der Waals surface area contributed by atoms with Crippen molar-refractivity contribution in [3.05, 3.63) is 59.7 Å². The number of allylic oxidation sites excluding steroid dienone is 3. The van der Waals surface area contributed by atoms with E-state index in [1.54, 1.807) is 45.8 Å². The molecule has 4 heterocycles. The Labute approximate surface area is 419 Å². The molecule has 17 atom stereocenters. The van der Waals surface area contributed by atoms with E-state index in [2.05, 4.69) is 5.32 Å². The van der Waals surface area contributed by atoms with Gasteiger partial charge in [0.15, 0.2) is 30.8 Å². The normalized spacial score (nSPS) is 37.2. The Morgan fingerprint density at radius 2 is 1.54 bits per heavy atom. The molecule has 0 aliphatic carbocycles. The van der Waals surface area contributed by atoms with Gasteiger partial charge in [0.1, 0.15) is 30.5 Å². The Bertz CT molecular complexity index is 1900. The number of cyclic esters (lactones) is 1. The molecule has 0 saturated carbocycles. The zero-order valence-corrected chi connectivity index (χ0v) is 43.3. The lowest BCUT2D eigenvalue weighted by molar-refractivity contribution is -0.307. The number of hydrogen-bond donors (Lipinski definition) is 3. The van der Waals surface area contributed by atoms with Crippen LogP contribution in [0.4, 0.5) is 4.79 Å². The minimum atomic E-state index is -1.35. The predicted octanol–water partition coefficient (Wildman–Crippen LogP) is 4.28. The fraction of sp³-hybridized carbons (Fsp3) is 0.731. The molecule has 19 heteroatoms. The molecule has 400 valence electrons. The molecular formula is C52H80N2O17. The molecule has 0 aromatic heterocycles. The monoisotopic (exact) mass is 1000 g/mol.